The Morgan fingerprint density at radius 1 is 1.31 bits per heavy atom. The Bertz CT molecular complexity index is 398. The molecule has 0 saturated heterocycles. The van der Waals surface area contributed by atoms with Crippen LogP contribution in [0.25, 0.3) is 0 Å². The van der Waals surface area contributed by atoms with Crippen LogP contribution in [0.15, 0.2) is 29.3 Å². The van der Waals surface area contributed by atoms with E-state index in [1.807, 2.05) is 0 Å². The van der Waals surface area contributed by atoms with Crippen molar-refractivity contribution < 1.29 is 13.9 Å². The number of aliphatic imine (C=N–C) groups is 1. The van der Waals surface area contributed by atoms with Gasteiger partial charge < -0.3 is 4.74 Å². The Hall–Kier alpha value is -1.67. The van der Waals surface area contributed by atoms with Crippen LogP contribution in [-0.2, 0) is 4.79 Å². The molecule has 16 heavy (non-hydrogen) atoms. The summed E-state index contributed by atoms with van der Waals surface area (Å²) in [6.07, 6.45) is 4.08. The van der Waals surface area contributed by atoms with E-state index in [9.17, 15) is 9.18 Å². The lowest BCUT2D eigenvalue weighted by Crippen LogP contribution is -2.12. The first kappa shape index (κ1) is 10.8. The molecule has 0 amide bonds. The molecule has 0 heterocycles. The largest absolute Gasteiger partial charge is 0.490 e. The van der Waals surface area contributed by atoms with Crippen molar-refractivity contribution in [2.45, 2.75) is 31.4 Å². The predicted molar refractivity (Wildman–Crippen MR) is 56.6 cm³/mol. The highest BCUT2D eigenvalue weighted by atomic mass is 19.1. The lowest BCUT2D eigenvalue weighted by atomic mass is 10.2. The van der Waals surface area contributed by atoms with Crippen LogP contribution in [0.5, 0.6) is 5.75 Å². The summed E-state index contributed by atoms with van der Waals surface area (Å²) in [5, 5.41) is 0. The van der Waals surface area contributed by atoms with E-state index in [1.54, 1.807) is 18.2 Å². The third-order valence-electron chi connectivity index (χ3n) is 2.71. The Morgan fingerprint density at radius 3 is 2.75 bits per heavy atom. The van der Waals surface area contributed by atoms with Crippen LogP contribution in [-0.4, -0.2) is 18.2 Å². The number of hydrogen-bond donors (Lipinski definition) is 0. The molecule has 0 spiro atoms. The van der Waals surface area contributed by atoms with Crippen molar-refractivity contribution >= 4 is 6.08 Å². The van der Waals surface area contributed by atoms with Gasteiger partial charge in [0.2, 0.25) is 6.08 Å². The molecule has 2 atom stereocenters. The van der Waals surface area contributed by atoms with Crippen molar-refractivity contribution in [2.75, 3.05) is 0 Å². The van der Waals surface area contributed by atoms with E-state index in [0.29, 0.717) is 5.75 Å². The normalized spacial score (nSPS) is 23.8. The topological polar surface area (TPSA) is 38.7 Å². The van der Waals surface area contributed by atoms with Gasteiger partial charge in [-0.1, -0.05) is 0 Å². The summed E-state index contributed by atoms with van der Waals surface area (Å²) in [5.74, 6) is 0.379. The summed E-state index contributed by atoms with van der Waals surface area (Å²) in [7, 11) is 0. The molecule has 1 aromatic rings. The van der Waals surface area contributed by atoms with E-state index in [0.717, 1.165) is 19.3 Å². The average Bonchev–Trinajstić information content (AvgIpc) is 2.70. The zero-order valence-electron chi connectivity index (χ0n) is 8.73. The van der Waals surface area contributed by atoms with Crippen molar-refractivity contribution in [1.29, 1.82) is 0 Å². The second kappa shape index (κ2) is 4.90. The Kier molecular flexibility index (Phi) is 3.32. The zero-order chi connectivity index (χ0) is 11.4. The number of halogens is 1. The average molecular weight is 221 g/mol. The van der Waals surface area contributed by atoms with Crippen LogP contribution in [0.3, 0.4) is 0 Å². The molecule has 84 valence electrons. The number of carbonyl (C=O) groups excluding carboxylic acids is 1. The van der Waals surface area contributed by atoms with E-state index < -0.39 is 0 Å². The van der Waals surface area contributed by atoms with Crippen molar-refractivity contribution in [3.8, 4) is 5.75 Å². The molecule has 0 N–H and O–H groups in total. The van der Waals surface area contributed by atoms with E-state index in [2.05, 4.69) is 4.99 Å². The van der Waals surface area contributed by atoms with Gasteiger partial charge >= 0.3 is 0 Å². The quantitative estimate of drug-likeness (QED) is 0.581. The predicted octanol–water partition coefficient (Wildman–Crippen LogP) is 2.46. The van der Waals surface area contributed by atoms with Crippen LogP contribution in [0.4, 0.5) is 4.39 Å². The van der Waals surface area contributed by atoms with Gasteiger partial charge in [0.05, 0.1) is 6.04 Å². The minimum absolute atomic E-state index is 0.0305. The lowest BCUT2D eigenvalue weighted by molar-refractivity contribution is 0.208. The Labute approximate surface area is 93.0 Å². The Balaban J connectivity index is 1.91. The molecule has 0 bridgehead atoms. The van der Waals surface area contributed by atoms with E-state index >= 15 is 0 Å². The summed E-state index contributed by atoms with van der Waals surface area (Å²) in [4.78, 5) is 13.8. The molecule has 3 nitrogen and oxygen atoms in total. The minimum atomic E-state index is -0.276. The molecule has 1 aromatic carbocycles. The minimum Gasteiger partial charge on any atom is -0.490 e. The van der Waals surface area contributed by atoms with Gasteiger partial charge in [0.1, 0.15) is 17.7 Å². The number of isocyanates is 1. The summed E-state index contributed by atoms with van der Waals surface area (Å²) < 4.78 is 18.3. The fourth-order valence-electron chi connectivity index (χ4n) is 1.92. The fraction of sp³-hybridized carbons (Fsp3) is 0.417. The summed E-state index contributed by atoms with van der Waals surface area (Å²) in [6.45, 7) is 0. The van der Waals surface area contributed by atoms with E-state index in [4.69, 9.17) is 4.74 Å². The van der Waals surface area contributed by atoms with Gasteiger partial charge in [0, 0.05) is 6.42 Å². The highest BCUT2D eigenvalue weighted by Gasteiger charge is 2.25. The maximum atomic E-state index is 12.6. The van der Waals surface area contributed by atoms with Gasteiger partial charge in [0.25, 0.3) is 0 Å². The number of rotatable bonds is 3. The van der Waals surface area contributed by atoms with Gasteiger partial charge in [0.15, 0.2) is 0 Å². The maximum absolute atomic E-state index is 12.6. The second-order valence-electron chi connectivity index (χ2n) is 3.88. The SMILES string of the molecule is O=C=NC1CCC(Oc2ccc(F)cc2)C1. The summed E-state index contributed by atoms with van der Waals surface area (Å²) >= 11 is 0. The van der Waals surface area contributed by atoms with Crippen molar-refractivity contribution in [1.82, 2.24) is 0 Å². The number of ether oxygens (including phenoxy) is 1. The monoisotopic (exact) mass is 221 g/mol. The van der Waals surface area contributed by atoms with Crippen LogP contribution < -0.4 is 4.74 Å². The van der Waals surface area contributed by atoms with Crippen molar-refractivity contribution in [2.24, 2.45) is 4.99 Å². The van der Waals surface area contributed by atoms with E-state index in [1.165, 1.54) is 12.1 Å². The maximum Gasteiger partial charge on any atom is 0.235 e. The van der Waals surface area contributed by atoms with Gasteiger partial charge in [-0.05, 0) is 37.1 Å². The molecule has 0 aliphatic heterocycles. The summed E-state index contributed by atoms with van der Waals surface area (Å²) in [5.41, 5.74) is 0. The first-order valence-corrected chi connectivity index (χ1v) is 5.27. The molecule has 1 aliphatic carbocycles. The van der Waals surface area contributed by atoms with Gasteiger partial charge in [-0.15, -0.1) is 0 Å². The standard InChI is InChI=1S/C12H12FNO2/c13-9-1-4-11(5-2-9)16-12-6-3-10(7-12)14-8-15/h1-2,4-5,10,12H,3,6-7H2. The molecule has 4 heteroatoms. The fourth-order valence-corrected chi connectivity index (χ4v) is 1.92. The lowest BCUT2D eigenvalue weighted by Gasteiger charge is -2.12. The molecule has 1 aliphatic rings. The molecular formula is C12H12FNO2. The molecule has 2 unspecified atom stereocenters. The van der Waals surface area contributed by atoms with Gasteiger partial charge in [-0.2, -0.15) is 0 Å². The number of benzene rings is 1. The molecule has 1 fully saturated rings. The Morgan fingerprint density at radius 2 is 2.06 bits per heavy atom. The molecular weight excluding hydrogens is 209 g/mol. The zero-order valence-corrected chi connectivity index (χ0v) is 8.73. The highest BCUT2D eigenvalue weighted by molar-refractivity contribution is 5.33. The third kappa shape index (κ3) is 2.67. The summed E-state index contributed by atoms with van der Waals surface area (Å²) in [6, 6.07) is 5.97. The van der Waals surface area contributed by atoms with Gasteiger partial charge in [-0.3, -0.25) is 0 Å². The van der Waals surface area contributed by atoms with E-state index in [-0.39, 0.29) is 18.0 Å². The second-order valence-corrected chi connectivity index (χ2v) is 3.88. The van der Waals surface area contributed by atoms with Crippen LogP contribution >= 0.6 is 0 Å². The smallest absolute Gasteiger partial charge is 0.235 e. The van der Waals surface area contributed by atoms with Crippen LogP contribution in [0.2, 0.25) is 0 Å². The van der Waals surface area contributed by atoms with Gasteiger partial charge in [-0.25, -0.2) is 14.2 Å². The van der Waals surface area contributed by atoms with Crippen molar-refractivity contribution in [3.63, 3.8) is 0 Å². The molecule has 2 rings (SSSR count). The number of nitrogens with zero attached hydrogens (tertiary/aromatic N) is 1. The first-order valence-electron chi connectivity index (χ1n) is 5.27. The third-order valence-corrected chi connectivity index (χ3v) is 2.71. The number of hydrogen-bond acceptors (Lipinski definition) is 3. The van der Waals surface area contributed by atoms with Crippen LogP contribution in [0, 0.1) is 5.82 Å². The molecule has 1 saturated carbocycles. The molecule has 0 aromatic heterocycles. The van der Waals surface area contributed by atoms with Crippen molar-refractivity contribution in [3.05, 3.63) is 30.1 Å². The molecule has 0 radical (unpaired) electrons. The first-order chi connectivity index (χ1) is 7.78. The van der Waals surface area contributed by atoms with Crippen LogP contribution in [0.1, 0.15) is 19.3 Å². The highest BCUT2D eigenvalue weighted by Crippen LogP contribution is 2.26.